The van der Waals surface area contributed by atoms with Crippen LogP contribution in [0.1, 0.15) is 0 Å². The van der Waals surface area contributed by atoms with Crippen molar-refractivity contribution in [2.75, 3.05) is 0 Å². The number of aromatic nitrogens is 3. The highest BCUT2D eigenvalue weighted by atomic mass is 15.0. The average molecular weight is 738 g/mol. The number of fused-ring (bicyclic) bond motifs is 8. The Morgan fingerprint density at radius 1 is 0.207 bits per heavy atom. The van der Waals surface area contributed by atoms with Gasteiger partial charge in [-0.25, -0.2) is 15.0 Å². The number of benzene rings is 10. The van der Waals surface area contributed by atoms with Crippen molar-refractivity contribution in [2.24, 2.45) is 0 Å². The predicted octanol–water partition coefficient (Wildman–Crippen LogP) is 14.5. The minimum Gasteiger partial charge on any atom is -0.208 e. The normalized spacial score (nSPS) is 11.4. The molecule has 0 saturated heterocycles. The lowest BCUT2D eigenvalue weighted by Crippen LogP contribution is -2.00. The van der Waals surface area contributed by atoms with E-state index >= 15 is 0 Å². The first-order chi connectivity index (χ1) is 28.7. The summed E-state index contributed by atoms with van der Waals surface area (Å²) in [5.74, 6) is 1.88. The van der Waals surface area contributed by atoms with Crippen molar-refractivity contribution in [2.45, 2.75) is 0 Å². The molecule has 0 amide bonds. The van der Waals surface area contributed by atoms with Crippen molar-refractivity contribution in [1.29, 1.82) is 0 Å². The summed E-state index contributed by atoms with van der Waals surface area (Å²) in [6.07, 6.45) is 0. The molecule has 1 aromatic heterocycles. The Labute approximate surface area is 336 Å². The molecule has 0 radical (unpaired) electrons. The van der Waals surface area contributed by atoms with Crippen molar-refractivity contribution in [3.8, 4) is 67.5 Å². The third-order valence-electron chi connectivity index (χ3n) is 11.3. The van der Waals surface area contributed by atoms with Gasteiger partial charge in [0.25, 0.3) is 0 Å². The summed E-state index contributed by atoms with van der Waals surface area (Å²) in [4.78, 5) is 15.5. The first-order valence-electron chi connectivity index (χ1n) is 19.7. The third-order valence-corrected chi connectivity index (χ3v) is 11.3. The van der Waals surface area contributed by atoms with E-state index in [4.69, 9.17) is 15.0 Å². The fourth-order valence-corrected chi connectivity index (χ4v) is 8.51. The maximum absolute atomic E-state index is 5.24. The SMILES string of the molecule is c1ccc(-c2ccc(-c3nc(-c4ccccc4)nc(-c4cc(-c5ccccc5)cc(-c5cc6c7ccccc7c7ccccc7c6c6ccccc56)c4)n3)cc2)cc1. The van der Waals surface area contributed by atoms with Crippen molar-refractivity contribution >= 4 is 43.1 Å². The van der Waals surface area contributed by atoms with Crippen LogP contribution < -0.4 is 0 Å². The molecule has 3 nitrogen and oxygen atoms in total. The van der Waals surface area contributed by atoms with Crippen LogP contribution in [-0.4, -0.2) is 15.0 Å². The summed E-state index contributed by atoms with van der Waals surface area (Å²) in [5.41, 5.74) is 9.59. The maximum atomic E-state index is 5.24. The van der Waals surface area contributed by atoms with Crippen molar-refractivity contribution < 1.29 is 0 Å². The first kappa shape index (κ1) is 33.6. The summed E-state index contributed by atoms with van der Waals surface area (Å²) in [5, 5.41) is 9.99. The van der Waals surface area contributed by atoms with Gasteiger partial charge < -0.3 is 0 Å². The lowest BCUT2D eigenvalue weighted by Gasteiger charge is -2.17. The molecule has 1 heterocycles. The molecule has 270 valence electrons. The molecule has 0 aliphatic rings. The number of nitrogens with zero attached hydrogens (tertiary/aromatic N) is 3. The molecule has 58 heavy (non-hydrogen) atoms. The lowest BCUT2D eigenvalue weighted by molar-refractivity contribution is 1.07. The van der Waals surface area contributed by atoms with Crippen LogP contribution in [0.25, 0.3) is 111 Å². The molecule has 11 aromatic rings. The molecular formula is C55H35N3. The van der Waals surface area contributed by atoms with Gasteiger partial charge >= 0.3 is 0 Å². The Bertz CT molecular complexity index is 3300. The summed E-state index contributed by atoms with van der Waals surface area (Å²) >= 11 is 0. The van der Waals surface area contributed by atoms with Crippen LogP contribution in [0.4, 0.5) is 0 Å². The number of hydrogen-bond donors (Lipinski definition) is 0. The van der Waals surface area contributed by atoms with E-state index in [1.807, 2.05) is 24.3 Å². The smallest absolute Gasteiger partial charge is 0.164 e. The second-order valence-corrected chi connectivity index (χ2v) is 14.8. The van der Waals surface area contributed by atoms with Crippen LogP contribution in [-0.2, 0) is 0 Å². The minimum atomic E-state index is 0.622. The molecule has 0 saturated carbocycles. The Kier molecular flexibility index (Phi) is 8.15. The van der Waals surface area contributed by atoms with E-state index < -0.39 is 0 Å². The highest BCUT2D eigenvalue weighted by molar-refractivity contribution is 6.33. The van der Waals surface area contributed by atoms with Gasteiger partial charge in [0.05, 0.1) is 0 Å². The number of hydrogen-bond acceptors (Lipinski definition) is 3. The summed E-state index contributed by atoms with van der Waals surface area (Å²) in [7, 11) is 0. The van der Waals surface area contributed by atoms with E-state index in [0.29, 0.717) is 17.5 Å². The van der Waals surface area contributed by atoms with Gasteiger partial charge in [-0.15, -0.1) is 0 Å². The van der Waals surface area contributed by atoms with Gasteiger partial charge in [0, 0.05) is 16.7 Å². The standard InChI is InChI=1S/C55H35N3/c1-4-16-36(17-5-1)38-28-30-40(31-29-38)54-56-53(39-20-8-3-9-21-39)57-55(58-54)43-33-41(37-18-6-2-7-19-37)32-42(34-43)50-35-51-46-24-11-10-22-44(46)45-23-12-14-26-48(45)52(51)49-27-15-13-25-47(49)50/h1-35H. The van der Waals surface area contributed by atoms with Crippen molar-refractivity contribution in [3.05, 3.63) is 212 Å². The van der Waals surface area contributed by atoms with Crippen molar-refractivity contribution in [1.82, 2.24) is 15.0 Å². The van der Waals surface area contributed by atoms with E-state index in [-0.39, 0.29) is 0 Å². The fourth-order valence-electron chi connectivity index (χ4n) is 8.51. The summed E-state index contributed by atoms with van der Waals surface area (Å²) in [6.45, 7) is 0. The average Bonchev–Trinajstić information content (AvgIpc) is 3.32. The molecule has 0 fully saturated rings. The van der Waals surface area contributed by atoms with E-state index in [1.54, 1.807) is 0 Å². The zero-order chi connectivity index (χ0) is 38.4. The van der Waals surface area contributed by atoms with Crippen LogP contribution in [0.15, 0.2) is 212 Å². The first-order valence-corrected chi connectivity index (χ1v) is 19.7. The number of rotatable bonds is 6. The van der Waals surface area contributed by atoms with E-state index in [9.17, 15) is 0 Å². The highest BCUT2D eigenvalue weighted by Gasteiger charge is 2.18. The molecule has 0 atom stereocenters. The Morgan fingerprint density at radius 2 is 0.552 bits per heavy atom. The Balaban J connectivity index is 1.17. The van der Waals surface area contributed by atoms with Gasteiger partial charge in [-0.3, -0.25) is 0 Å². The van der Waals surface area contributed by atoms with E-state index in [2.05, 4.69) is 188 Å². The quantitative estimate of drug-likeness (QED) is 0.160. The minimum absolute atomic E-state index is 0.622. The Hall–Kier alpha value is -7.75. The molecule has 10 aromatic carbocycles. The summed E-state index contributed by atoms with van der Waals surface area (Å²) in [6, 6.07) is 75.4. The fraction of sp³-hybridized carbons (Fsp3) is 0. The topological polar surface area (TPSA) is 38.7 Å². The van der Waals surface area contributed by atoms with Crippen LogP contribution in [0.5, 0.6) is 0 Å². The van der Waals surface area contributed by atoms with Gasteiger partial charge in [0.1, 0.15) is 0 Å². The molecule has 0 unspecified atom stereocenters. The molecule has 11 rings (SSSR count). The molecule has 0 aliphatic carbocycles. The van der Waals surface area contributed by atoms with E-state index in [0.717, 1.165) is 44.5 Å². The van der Waals surface area contributed by atoms with Crippen LogP contribution in [0, 0.1) is 0 Å². The van der Waals surface area contributed by atoms with Crippen molar-refractivity contribution in [3.63, 3.8) is 0 Å². The molecule has 0 bridgehead atoms. The largest absolute Gasteiger partial charge is 0.208 e. The zero-order valence-corrected chi connectivity index (χ0v) is 31.5. The van der Waals surface area contributed by atoms with Gasteiger partial charge in [-0.2, -0.15) is 0 Å². The predicted molar refractivity (Wildman–Crippen MR) is 242 cm³/mol. The second kappa shape index (κ2) is 14.1. The highest BCUT2D eigenvalue weighted by Crippen LogP contribution is 2.44. The van der Waals surface area contributed by atoms with Crippen LogP contribution in [0.3, 0.4) is 0 Å². The van der Waals surface area contributed by atoms with Gasteiger partial charge in [0.2, 0.25) is 0 Å². The maximum Gasteiger partial charge on any atom is 0.164 e. The molecule has 3 heteroatoms. The van der Waals surface area contributed by atoms with Crippen LogP contribution >= 0.6 is 0 Å². The van der Waals surface area contributed by atoms with E-state index in [1.165, 1.54) is 48.7 Å². The molecule has 0 spiro atoms. The Morgan fingerprint density at radius 3 is 1.14 bits per heavy atom. The van der Waals surface area contributed by atoms with Crippen LogP contribution in [0.2, 0.25) is 0 Å². The molecule has 0 N–H and O–H groups in total. The zero-order valence-electron chi connectivity index (χ0n) is 31.5. The third kappa shape index (κ3) is 5.89. The molecular weight excluding hydrogens is 703 g/mol. The summed E-state index contributed by atoms with van der Waals surface area (Å²) < 4.78 is 0. The second-order valence-electron chi connectivity index (χ2n) is 14.8. The van der Waals surface area contributed by atoms with Gasteiger partial charge in [-0.05, 0) is 101 Å². The lowest BCUT2D eigenvalue weighted by atomic mass is 9.86. The molecule has 0 aliphatic heterocycles. The monoisotopic (exact) mass is 737 g/mol. The van der Waals surface area contributed by atoms with Gasteiger partial charge in [0.15, 0.2) is 17.5 Å². The van der Waals surface area contributed by atoms with Gasteiger partial charge in [-0.1, -0.05) is 188 Å².